The number of amides is 1. The number of aromatic nitrogens is 2. The van der Waals surface area contributed by atoms with Crippen LogP contribution in [-0.2, 0) is 11.3 Å². The highest BCUT2D eigenvalue weighted by Crippen LogP contribution is 2.20. The molecule has 4 rings (SSSR count). The highest BCUT2D eigenvalue weighted by Gasteiger charge is 2.17. The molecular weight excluding hydrogens is 340 g/mol. The van der Waals surface area contributed by atoms with Crippen LogP contribution >= 0.6 is 0 Å². The standard InChI is InChI=1S/C21H22N4O2/c1-15-13-18(17-6-2-3-7-19(17)24-15)21(26)23-14-16-5-4-8-22-20(16)25-9-11-27-12-10-25/h2-8,13H,9-12,14H2,1H3,(H,23,26). The lowest BCUT2D eigenvalue weighted by Crippen LogP contribution is -2.37. The van der Waals surface area contributed by atoms with E-state index < -0.39 is 0 Å². The molecule has 1 fully saturated rings. The monoisotopic (exact) mass is 362 g/mol. The fourth-order valence-corrected chi connectivity index (χ4v) is 3.39. The van der Waals surface area contributed by atoms with E-state index in [2.05, 4.69) is 20.2 Å². The highest BCUT2D eigenvalue weighted by atomic mass is 16.5. The Morgan fingerprint density at radius 3 is 2.85 bits per heavy atom. The fourth-order valence-electron chi connectivity index (χ4n) is 3.39. The molecule has 138 valence electrons. The summed E-state index contributed by atoms with van der Waals surface area (Å²) in [5.74, 6) is 0.811. The summed E-state index contributed by atoms with van der Waals surface area (Å²) >= 11 is 0. The Balaban J connectivity index is 1.55. The van der Waals surface area contributed by atoms with Gasteiger partial charge >= 0.3 is 0 Å². The van der Waals surface area contributed by atoms with Crippen molar-refractivity contribution in [2.24, 2.45) is 0 Å². The average Bonchev–Trinajstić information content (AvgIpc) is 2.72. The van der Waals surface area contributed by atoms with Crippen LogP contribution in [-0.4, -0.2) is 42.2 Å². The SMILES string of the molecule is Cc1cc(C(=O)NCc2cccnc2N2CCOCC2)c2ccccc2n1. The van der Waals surface area contributed by atoms with Gasteiger partial charge in [0.1, 0.15) is 5.82 Å². The van der Waals surface area contributed by atoms with Gasteiger partial charge in [0.2, 0.25) is 0 Å². The molecule has 27 heavy (non-hydrogen) atoms. The molecule has 3 aromatic rings. The molecule has 3 heterocycles. The molecule has 0 atom stereocenters. The van der Waals surface area contributed by atoms with Crippen LogP contribution in [0, 0.1) is 6.92 Å². The number of carbonyl (C=O) groups is 1. The van der Waals surface area contributed by atoms with E-state index in [4.69, 9.17) is 4.74 Å². The summed E-state index contributed by atoms with van der Waals surface area (Å²) in [7, 11) is 0. The Hall–Kier alpha value is -2.99. The summed E-state index contributed by atoms with van der Waals surface area (Å²) in [5.41, 5.74) is 3.31. The molecule has 0 radical (unpaired) electrons. The number of nitrogens with one attached hydrogen (secondary N) is 1. The van der Waals surface area contributed by atoms with Gasteiger partial charge in [-0.15, -0.1) is 0 Å². The van der Waals surface area contributed by atoms with Crippen molar-refractivity contribution in [3.63, 3.8) is 0 Å². The quantitative estimate of drug-likeness (QED) is 0.773. The molecule has 1 aliphatic rings. The molecule has 1 aliphatic heterocycles. The number of rotatable bonds is 4. The van der Waals surface area contributed by atoms with Crippen molar-refractivity contribution in [1.82, 2.24) is 15.3 Å². The number of fused-ring (bicyclic) bond motifs is 1. The maximum Gasteiger partial charge on any atom is 0.252 e. The maximum atomic E-state index is 12.9. The van der Waals surface area contributed by atoms with E-state index in [0.717, 1.165) is 41.1 Å². The number of para-hydroxylation sites is 1. The lowest BCUT2D eigenvalue weighted by molar-refractivity contribution is 0.0952. The summed E-state index contributed by atoms with van der Waals surface area (Å²) in [6.45, 7) is 5.35. The minimum absolute atomic E-state index is 0.103. The molecule has 1 amide bonds. The second-order valence-electron chi connectivity index (χ2n) is 6.60. The number of nitrogens with zero attached hydrogens (tertiary/aromatic N) is 3. The Labute approximate surface area is 158 Å². The smallest absolute Gasteiger partial charge is 0.252 e. The molecule has 0 saturated carbocycles. The van der Waals surface area contributed by atoms with Crippen LogP contribution in [0.15, 0.2) is 48.7 Å². The second kappa shape index (κ2) is 7.72. The van der Waals surface area contributed by atoms with E-state index >= 15 is 0 Å². The van der Waals surface area contributed by atoms with Crippen LogP contribution in [0.2, 0.25) is 0 Å². The molecule has 1 N–H and O–H groups in total. The first-order valence-corrected chi connectivity index (χ1v) is 9.13. The Kier molecular flexibility index (Phi) is 4.98. The van der Waals surface area contributed by atoms with Crippen molar-refractivity contribution in [3.8, 4) is 0 Å². The molecule has 6 heteroatoms. The number of pyridine rings is 2. The lowest BCUT2D eigenvalue weighted by Gasteiger charge is -2.29. The molecular formula is C21H22N4O2. The van der Waals surface area contributed by atoms with Crippen molar-refractivity contribution in [2.45, 2.75) is 13.5 Å². The van der Waals surface area contributed by atoms with E-state index in [-0.39, 0.29) is 5.91 Å². The second-order valence-corrected chi connectivity index (χ2v) is 6.60. The first-order valence-electron chi connectivity index (χ1n) is 9.13. The molecule has 0 aliphatic carbocycles. The number of morpholine rings is 1. The van der Waals surface area contributed by atoms with E-state index in [1.165, 1.54) is 0 Å². The Bertz CT molecular complexity index is 967. The summed E-state index contributed by atoms with van der Waals surface area (Å²) in [6.07, 6.45) is 1.79. The third-order valence-electron chi connectivity index (χ3n) is 4.71. The fraction of sp³-hybridized carbons (Fsp3) is 0.286. The zero-order valence-electron chi connectivity index (χ0n) is 15.3. The normalized spacial score (nSPS) is 14.3. The number of ether oxygens (including phenoxy) is 1. The van der Waals surface area contributed by atoms with Crippen molar-refractivity contribution < 1.29 is 9.53 Å². The van der Waals surface area contributed by atoms with Crippen molar-refractivity contribution >= 4 is 22.6 Å². The maximum absolute atomic E-state index is 12.9. The highest BCUT2D eigenvalue weighted by molar-refractivity contribution is 6.06. The lowest BCUT2D eigenvalue weighted by atomic mass is 10.1. The average molecular weight is 362 g/mol. The molecule has 6 nitrogen and oxygen atoms in total. The van der Waals surface area contributed by atoms with Crippen LogP contribution in [0.4, 0.5) is 5.82 Å². The van der Waals surface area contributed by atoms with Gasteiger partial charge in [0.15, 0.2) is 0 Å². The Morgan fingerprint density at radius 1 is 1.19 bits per heavy atom. The third-order valence-corrected chi connectivity index (χ3v) is 4.71. The molecule has 2 aromatic heterocycles. The largest absolute Gasteiger partial charge is 0.378 e. The number of aryl methyl sites for hydroxylation is 1. The third kappa shape index (κ3) is 3.75. The molecule has 1 aromatic carbocycles. The minimum Gasteiger partial charge on any atom is -0.378 e. The van der Waals surface area contributed by atoms with Crippen molar-refractivity contribution in [3.05, 3.63) is 65.5 Å². The van der Waals surface area contributed by atoms with E-state index in [0.29, 0.717) is 25.3 Å². The van der Waals surface area contributed by atoms with Crippen LogP contribution in [0.25, 0.3) is 10.9 Å². The zero-order chi connectivity index (χ0) is 18.6. The van der Waals surface area contributed by atoms with E-state index in [1.54, 1.807) is 6.20 Å². The van der Waals surface area contributed by atoms with Gasteiger partial charge in [-0.1, -0.05) is 24.3 Å². The minimum atomic E-state index is -0.103. The van der Waals surface area contributed by atoms with Crippen molar-refractivity contribution in [1.29, 1.82) is 0 Å². The molecule has 0 spiro atoms. The number of anilines is 1. The van der Waals surface area contributed by atoms with Gasteiger partial charge in [-0.25, -0.2) is 4.98 Å². The number of hydrogen-bond acceptors (Lipinski definition) is 5. The Morgan fingerprint density at radius 2 is 2.00 bits per heavy atom. The van der Waals surface area contributed by atoms with Gasteiger partial charge in [-0.2, -0.15) is 0 Å². The van der Waals surface area contributed by atoms with Crippen LogP contribution in [0.5, 0.6) is 0 Å². The van der Waals surface area contributed by atoms with Gasteiger partial charge in [-0.3, -0.25) is 9.78 Å². The van der Waals surface area contributed by atoms with Crippen LogP contribution < -0.4 is 10.2 Å². The molecule has 1 saturated heterocycles. The van der Waals surface area contributed by atoms with E-state index in [1.807, 2.05) is 49.4 Å². The van der Waals surface area contributed by atoms with Crippen LogP contribution in [0.3, 0.4) is 0 Å². The van der Waals surface area contributed by atoms with E-state index in [9.17, 15) is 4.79 Å². The van der Waals surface area contributed by atoms with Gasteiger partial charge in [0.05, 0.1) is 24.3 Å². The summed E-state index contributed by atoms with van der Waals surface area (Å²) in [5, 5.41) is 3.91. The molecule has 0 unspecified atom stereocenters. The summed E-state index contributed by atoms with van der Waals surface area (Å²) < 4.78 is 5.42. The zero-order valence-corrected chi connectivity index (χ0v) is 15.3. The number of benzene rings is 1. The number of carbonyl (C=O) groups excluding carboxylic acids is 1. The van der Waals surface area contributed by atoms with Gasteiger partial charge < -0.3 is 15.0 Å². The molecule has 0 bridgehead atoms. The van der Waals surface area contributed by atoms with Gasteiger partial charge in [-0.05, 0) is 25.1 Å². The predicted molar refractivity (Wildman–Crippen MR) is 105 cm³/mol. The summed E-state index contributed by atoms with van der Waals surface area (Å²) in [6, 6.07) is 13.5. The first-order chi connectivity index (χ1) is 13.2. The summed E-state index contributed by atoms with van der Waals surface area (Å²) in [4.78, 5) is 24.1. The first kappa shape index (κ1) is 17.4. The van der Waals surface area contributed by atoms with Crippen molar-refractivity contribution in [2.75, 3.05) is 31.2 Å². The number of hydrogen-bond donors (Lipinski definition) is 1. The van der Waals surface area contributed by atoms with Gasteiger partial charge in [0.25, 0.3) is 5.91 Å². The van der Waals surface area contributed by atoms with Crippen LogP contribution in [0.1, 0.15) is 21.6 Å². The van der Waals surface area contributed by atoms with Gasteiger partial charge in [0, 0.05) is 42.5 Å². The topological polar surface area (TPSA) is 67.4 Å². The predicted octanol–water partition coefficient (Wildman–Crippen LogP) is 2.70.